The molecule has 0 saturated carbocycles. The summed E-state index contributed by atoms with van der Waals surface area (Å²) in [6.07, 6.45) is 0.606. The Kier molecular flexibility index (Phi) is 5.59. The van der Waals surface area contributed by atoms with E-state index in [0.717, 1.165) is 27.1 Å². The van der Waals surface area contributed by atoms with Crippen molar-refractivity contribution in [1.82, 2.24) is 0 Å². The number of ether oxygens (including phenoxy) is 2. The van der Waals surface area contributed by atoms with Crippen LogP contribution >= 0.6 is 28.1 Å². The lowest BCUT2D eigenvalue weighted by atomic mass is 10.1. The van der Waals surface area contributed by atoms with Gasteiger partial charge in [-0.1, -0.05) is 40.3 Å². The van der Waals surface area contributed by atoms with E-state index in [-0.39, 0.29) is 0 Å². The van der Waals surface area contributed by atoms with Gasteiger partial charge in [0, 0.05) is 16.5 Å². The molecule has 0 spiro atoms. The third-order valence-electron chi connectivity index (χ3n) is 2.94. The van der Waals surface area contributed by atoms with E-state index < -0.39 is 0 Å². The molecule has 2 aromatic rings. The van der Waals surface area contributed by atoms with Gasteiger partial charge in [-0.3, -0.25) is 0 Å². The normalized spacial score (nSPS) is 10.2. The first kappa shape index (κ1) is 15.8. The molecule has 0 fully saturated rings. The molecule has 0 aliphatic rings. The zero-order valence-corrected chi connectivity index (χ0v) is 14.0. The zero-order chi connectivity index (χ0) is 15.2. The highest BCUT2D eigenvalue weighted by Gasteiger charge is 2.05. The first-order chi connectivity index (χ1) is 10.1. The SMILES string of the molecule is COc1ccc(Br)cc1COc1ccc(CC(N)=S)cc1. The number of rotatable bonds is 6. The van der Waals surface area contributed by atoms with E-state index >= 15 is 0 Å². The first-order valence-corrected chi connectivity index (χ1v) is 7.61. The van der Waals surface area contributed by atoms with Crippen molar-refractivity contribution < 1.29 is 9.47 Å². The van der Waals surface area contributed by atoms with E-state index in [2.05, 4.69) is 15.9 Å². The maximum absolute atomic E-state index is 5.78. The first-order valence-electron chi connectivity index (χ1n) is 6.41. The molecule has 21 heavy (non-hydrogen) atoms. The van der Waals surface area contributed by atoms with Gasteiger partial charge in [-0.25, -0.2) is 0 Å². The molecule has 110 valence electrons. The Hall–Kier alpha value is -1.59. The average Bonchev–Trinajstić information content (AvgIpc) is 2.46. The van der Waals surface area contributed by atoms with E-state index in [1.165, 1.54) is 0 Å². The fourth-order valence-corrected chi connectivity index (χ4v) is 2.50. The van der Waals surface area contributed by atoms with Gasteiger partial charge in [0.05, 0.1) is 12.1 Å². The Balaban J connectivity index is 2.03. The lowest BCUT2D eigenvalue weighted by molar-refractivity contribution is 0.296. The van der Waals surface area contributed by atoms with Crippen molar-refractivity contribution in [2.75, 3.05) is 7.11 Å². The van der Waals surface area contributed by atoms with Crippen LogP contribution in [0, 0.1) is 0 Å². The highest BCUT2D eigenvalue weighted by Crippen LogP contribution is 2.24. The summed E-state index contributed by atoms with van der Waals surface area (Å²) in [4.78, 5) is 0.488. The standard InChI is InChI=1S/C16H16BrNO2S/c1-19-15-7-4-13(17)9-12(15)10-20-14-5-2-11(3-6-14)8-16(18)21/h2-7,9H,8,10H2,1H3,(H2,18,21). The summed E-state index contributed by atoms with van der Waals surface area (Å²) in [5.41, 5.74) is 7.59. The third kappa shape index (κ3) is 4.72. The fraction of sp³-hybridized carbons (Fsp3) is 0.188. The number of hydrogen-bond acceptors (Lipinski definition) is 3. The van der Waals surface area contributed by atoms with Crippen LogP contribution in [0.15, 0.2) is 46.9 Å². The van der Waals surface area contributed by atoms with Crippen LogP contribution in [0.1, 0.15) is 11.1 Å². The number of nitrogens with two attached hydrogens (primary N) is 1. The van der Waals surface area contributed by atoms with Gasteiger partial charge in [0.1, 0.15) is 18.1 Å². The summed E-state index contributed by atoms with van der Waals surface area (Å²) in [5, 5.41) is 0. The van der Waals surface area contributed by atoms with Gasteiger partial charge in [-0.15, -0.1) is 0 Å². The fourth-order valence-electron chi connectivity index (χ4n) is 1.93. The van der Waals surface area contributed by atoms with E-state index in [9.17, 15) is 0 Å². The smallest absolute Gasteiger partial charge is 0.125 e. The predicted octanol–water partition coefficient (Wildman–Crippen LogP) is 3.87. The zero-order valence-electron chi connectivity index (χ0n) is 11.6. The topological polar surface area (TPSA) is 44.5 Å². The second-order valence-electron chi connectivity index (χ2n) is 4.53. The molecule has 3 nitrogen and oxygen atoms in total. The van der Waals surface area contributed by atoms with Crippen LogP contribution in [0.3, 0.4) is 0 Å². The summed E-state index contributed by atoms with van der Waals surface area (Å²) in [6.45, 7) is 0.442. The molecule has 0 saturated heterocycles. The summed E-state index contributed by atoms with van der Waals surface area (Å²) in [6, 6.07) is 13.6. The van der Waals surface area contributed by atoms with Crippen LogP contribution in [0.5, 0.6) is 11.5 Å². The van der Waals surface area contributed by atoms with Gasteiger partial charge in [0.2, 0.25) is 0 Å². The highest BCUT2D eigenvalue weighted by atomic mass is 79.9. The molecule has 2 rings (SSSR count). The minimum Gasteiger partial charge on any atom is -0.496 e. The maximum Gasteiger partial charge on any atom is 0.125 e. The molecular weight excluding hydrogens is 350 g/mol. The van der Waals surface area contributed by atoms with Crippen molar-refractivity contribution in [2.45, 2.75) is 13.0 Å². The molecule has 0 radical (unpaired) electrons. The predicted molar refractivity (Wildman–Crippen MR) is 92.0 cm³/mol. The van der Waals surface area contributed by atoms with E-state index in [0.29, 0.717) is 18.0 Å². The monoisotopic (exact) mass is 365 g/mol. The van der Waals surface area contributed by atoms with Crippen molar-refractivity contribution in [3.05, 3.63) is 58.1 Å². The van der Waals surface area contributed by atoms with Crippen LogP contribution in [0.4, 0.5) is 0 Å². The number of methoxy groups -OCH3 is 1. The van der Waals surface area contributed by atoms with Crippen molar-refractivity contribution >= 4 is 33.1 Å². The van der Waals surface area contributed by atoms with Crippen LogP contribution in [0.2, 0.25) is 0 Å². The molecular formula is C16H16BrNO2S. The van der Waals surface area contributed by atoms with Gasteiger partial charge in [-0.05, 0) is 35.9 Å². The Morgan fingerprint density at radius 1 is 1.19 bits per heavy atom. The third-order valence-corrected chi connectivity index (χ3v) is 3.58. The number of hydrogen-bond donors (Lipinski definition) is 1. The van der Waals surface area contributed by atoms with Crippen LogP contribution in [-0.2, 0) is 13.0 Å². The molecule has 0 aromatic heterocycles. The molecule has 0 aliphatic carbocycles. The van der Waals surface area contributed by atoms with E-state index in [1.54, 1.807) is 7.11 Å². The molecule has 0 heterocycles. The van der Waals surface area contributed by atoms with Crippen LogP contribution in [-0.4, -0.2) is 12.1 Å². The van der Waals surface area contributed by atoms with Gasteiger partial charge in [-0.2, -0.15) is 0 Å². The van der Waals surface area contributed by atoms with Crippen molar-refractivity contribution in [1.29, 1.82) is 0 Å². The summed E-state index contributed by atoms with van der Waals surface area (Å²) >= 11 is 8.34. The van der Waals surface area contributed by atoms with E-state index in [4.69, 9.17) is 27.4 Å². The maximum atomic E-state index is 5.78. The van der Waals surface area contributed by atoms with E-state index in [1.807, 2.05) is 42.5 Å². The largest absolute Gasteiger partial charge is 0.496 e. The Morgan fingerprint density at radius 2 is 1.90 bits per heavy atom. The Bertz CT molecular complexity index is 629. The second-order valence-corrected chi connectivity index (χ2v) is 5.97. The molecule has 0 bridgehead atoms. The van der Waals surface area contributed by atoms with Crippen LogP contribution < -0.4 is 15.2 Å². The molecule has 0 amide bonds. The molecule has 2 N–H and O–H groups in total. The van der Waals surface area contributed by atoms with Crippen LogP contribution in [0.25, 0.3) is 0 Å². The van der Waals surface area contributed by atoms with Gasteiger partial charge in [0.15, 0.2) is 0 Å². The van der Waals surface area contributed by atoms with Crippen molar-refractivity contribution in [2.24, 2.45) is 5.73 Å². The molecule has 5 heteroatoms. The Labute approximate surface area is 138 Å². The van der Waals surface area contributed by atoms with Gasteiger partial charge >= 0.3 is 0 Å². The molecule has 0 aliphatic heterocycles. The Morgan fingerprint density at radius 3 is 2.52 bits per heavy atom. The summed E-state index contributed by atoms with van der Waals surface area (Å²) in [7, 11) is 1.65. The number of benzene rings is 2. The average molecular weight is 366 g/mol. The summed E-state index contributed by atoms with van der Waals surface area (Å²) in [5.74, 6) is 1.60. The quantitative estimate of drug-likeness (QED) is 0.789. The molecule has 2 aromatic carbocycles. The summed E-state index contributed by atoms with van der Waals surface area (Å²) < 4.78 is 12.1. The highest BCUT2D eigenvalue weighted by molar-refractivity contribution is 9.10. The molecule has 0 unspecified atom stereocenters. The lowest BCUT2D eigenvalue weighted by Crippen LogP contribution is -2.10. The minimum absolute atomic E-state index is 0.442. The van der Waals surface area contributed by atoms with Crippen molar-refractivity contribution in [3.8, 4) is 11.5 Å². The second kappa shape index (κ2) is 7.43. The van der Waals surface area contributed by atoms with Gasteiger partial charge in [0.25, 0.3) is 0 Å². The number of halogens is 1. The minimum atomic E-state index is 0.442. The lowest BCUT2D eigenvalue weighted by Gasteiger charge is -2.11. The van der Waals surface area contributed by atoms with Gasteiger partial charge < -0.3 is 15.2 Å². The number of thiocarbonyl (C=S) groups is 1. The molecule has 0 atom stereocenters. The van der Waals surface area contributed by atoms with Crippen molar-refractivity contribution in [3.63, 3.8) is 0 Å².